The Kier molecular flexibility index (Phi) is 3.86. The predicted octanol–water partition coefficient (Wildman–Crippen LogP) is 2.66. The zero-order chi connectivity index (χ0) is 12.4. The Balaban J connectivity index is 5.22. The zero-order valence-corrected chi connectivity index (χ0v) is 10.3. The van der Waals surface area contributed by atoms with Crippen molar-refractivity contribution in [2.45, 2.75) is 41.5 Å². The Morgan fingerprint density at radius 2 is 1.33 bits per heavy atom. The molecule has 0 bridgehead atoms. The van der Waals surface area contributed by atoms with Crippen LogP contribution in [-0.4, -0.2) is 16.9 Å². The Bertz CT molecular complexity index is 298. The first-order valence-electron chi connectivity index (χ1n) is 4.96. The van der Waals surface area contributed by atoms with Gasteiger partial charge in [-0.2, -0.15) is 0 Å². The molecule has 0 saturated heterocycles. The predicted molar refractivity (Wildman–Crippen MR) is 59.6 cm³/mol. The average Bonchev–Trinajstić information content (AvgIpc) is 1.94. The van der Waals surface area contributed by atoms with Crippen molar-refractivity contribution < 1.29 is 14.7 Å². The molecule has 3 heteroatoms. The molecule has 0 rings (SSSR count). The molecule has 0 aromatic heterocycles. The highest BCUT2D eigenvalue weighted by molar-refractivity contribution is 6.01. The molecule has 0 fully saturated rings. The summed E-state index contributed by atoms with van der Waals surface area (Å²) in [7, 11) is 0. The first kappa shape index (κ1) is 13.9. The lowest BCUT2D eigenvalue weighted by atomic mass is 9.82. The number of hydrogen-bond acceptors (Lipinski definition) is 2. The molecule has 15 heavy (non-hydrogen) atoms. The minimum Gasteiger partial charge on any atom is -0.478 e. The van der Waals surface area contributed by atoms with E-state index < -0.39 is 16.8 Å². The fourth-order valence-electron chi connectivity index (χ4n) is 0.947. The number of aliphatic carboxylic acids is 1. The molecule has 3 nitrogen and oxygen atoms in total. The Morgan fingerprint density at radius 3 is 1.53 bits per heavy atom. The van der Waals surface area contributed by atoms with E-state index in [1.54, 1.807) is 41.5 Å². The molecule has 0 radical (unpaired) electrons. The molecule has 1 N–H and O–H groups in total. The normalized spacial score (nSPS) is 13.9. The van der Waals surface area contributed by atoms with Crippen LogP contribution in [0, 0.1) is 10.8 Å². The van der Waals surface area contributed by atoms with Gasteiger partial charge in [0.15, 0.2) is 5.78 Å². The first-order chi connectivity index (χ1) is 6.46. The molecular formula is C12H20O3. The third kappa shape index (κ3) is 4.28. The minimum absolute atomic E-state index is 0.155. The second-order valence-corrected chi connectivity index (χ2v) is 5.73. The molecule has 0 amide bonds. The van der Waals surface area contributed by atoms with E-state index in [1.165, 1.54) is 6.08 Å². The molecule has 0 aliphatic rings. The smallest absolute Gasteiger partial charge is 0.332 e. The highest BCUT2D eigenvalue weighted by atomic mass is 16.4. The molecule has 86 valence electrons. The molecule has 0 aliphatic heterocycles. The minimum atomic E-state index is -1.03. The summed E-state index contributed by atoms with van der Waals surface area (Å²) in [6.45, 7) is 10.7. The van der Waals surface area contributed by atoms with E-state index in [4.69, 9.17) is 5.11 Å². The van der Waals surface area contributed by atoms with Crippen LogP contribution in [0.25, 0.3) is 0 Å². The maximum absolute atomic E-state index is 11.7. The second-order valence-electron chi connectivity index (χ2n) is 5.73. The van der Waals surface area contributed by atoms with Crippen LogP contribution >= 0.6 is 0 Å². The van der Waals surface area contributed by atoms with E-state index in [0.717, 1.165) is 0 Å². The van der Waals surface area contributed by atoms with Crippen molar-refractivity contribution >= 4 is 11.8 Å². The number of carboxylic acids is 1. The van der Waals surface area contributed by atoms with Crippen molar-refractivity contribution in [3.63, 3.8) is 0 Å². The quantitative estimate of drug-likeness (QED) is 0.716. The monoisotopic (exact) mass is 212 g/mol. The SMILES string of the molecule is CC(C)(C)C(=O)/C=C(\C(=O)O)C(C)(C)C. The third-order valence-corrected chi connectivity index (χ3v) is 2.05. The van der Waals surface area contributed by atoms with Gasteiger partial charge in [0.2, 0.25) is 0 Å². The standard InChI is InChI=1S/C12H20O3/c1-11(2,3)8(10(14)15)7-9(13)12(4,5)6/h7H,1-6H3,(H,14,15)/b8-7+. The van der Waals surface area contributed by atoms with Gasteiger partial charge >= 0.3 is 5.97 Å². The molecule has 0 aromatic rings. The maximum atomic E-state index is 11.7. The highest BCUT2D eigenvalue weighted by Gasteiger charge is 2.27. The third-order valence-electron chi connectivity index (χ3n) is 2.05. The highest BCUT2D eigenvalue weighted by Crippen LogP contribution is 2.27. The van der Waals surface area contributed by atoms with Crippen LogP contribution in [0.1, 0.15) is 41.5 Å². The van der Waals surface area contributed by atoms with Crippen LogP contribution in [0.4, 0.5) is 0 Å². The average molecular weight is 212 g/mol. The topological polar surface area (TPSA) is 54.4 Å². The summed E-state index contributed by atoms with van der Waals surface area (Å²) in [5.74, 6) is -1.19. The van der Waals surface area contributed by atoms with E-state index in [-0.39, 0.29) is 11.4 Å². The van der Waals surface area contributed by atoms with Gasteiger partial charge in [-0.25, -0.2) is 4.79 Å². The van der Waals surface area contributed by atoms with Gasteiger partial charge in [-0.15, -0.1) is 0 Å². The van der Waals surface area contributed by atoms with Crippen LogP contribution in [-0.2, 0) is 9.59 Å². The Hall–Kier alpha value is -1.12. The van der Waals surface area contributed by atoms with Gasteiger partial charge in [0, 0.05) is 11.0 Å². The summed E-state index contributed by atoms with van der Waals surface area (Å²) < 4.78 is 0. The zero-order valence-electron chi connectivity index (χ0n) is 10.3. The summed E-state index contributed by atoms with van der Waals surface area (Å²) >= 11 is 0. The lowest BCUT2D eigenvalue weighted by Gasteiger charge is -2.21. The molecule has 0 atom stereocenters. The molecule has 0 spiro atoms. The van der Waals surface area contributed by atoms with Crippen LogP contribution in [0.2, 0.25) is 0 Å². The number of carboxylic acid groups (broad SMARTS) is 1. The van der Waals surface area contributed by atoms with Gasteiger partial charge in [-0.3, -0.25) is 4.79 Å². The molecule has 0 heterocycles. The molecule has 0 aromatic carbocycles. The largest absolute Gasteiger partial charge is 0.478 e. The van der Waals surface area contributed by atoms with E-state index in [1.807, 2.05) is 0 Å². The van der Waals surface area contributed by atoms with Crippen LogP contribution in [0.3, 0.4) is 0 Å². The van der Waals surface area contributed by atoms with E-state index in [0.29, 0.717) is 0 Å². The number of rotatable bonds is 2. The van der Waals surface area contributed by atoms with Gasteiger partial charge in [-0.1, -0.05) is 41.5 Å². The van der Waals surface area contributed by atoms with Crippen molar-refractivity contribution in [3.8, 4) is 0 Å². The van der Waals surface area contributed by atoms with Gasteiger partial charge in [0.1, 0.15) is 0 Å². The number of allylic oxidation sites excluding steroid dienone is 1. The Morgan fingerprint density at radius 1 is 0.933 bits per heavy atom. The van der Waals surface area contributed by atoms with Gasteiger partial charge in [0.05, 0.1) is 0 Å². The number of ketones is 1. The van der Waals surface area contributed by atoms with Crippen molar-refractivity contribution in [2.75, 3.05) is 0 Å². The van der Waals surface area contributed by atoms with Crippen molar-refractivity contribution in [3.05, 3.63) is 11.6 Å². The summed E-state index contributed by atoms with van der Waals surface area (Å²) in [6, 6.07) is 0. The lowest BCUT2D eigenvalue weighted by Crippen LogP contribution is -2.23. The van der Waals surface area contributed by atoms with Crippen molar-refractivity contribution in [2.24, 2.45) is 10.8 Å². The van der Waals surface area contributed by atoms with Crippen molar-refractivity contribution in [1.29, 1.82) is 0 Å². The summed E-state index contributed by atoms with van der Waals surface area (Å²) in [5, 5.41) is 9.00. The molecule has 0 aliphatic carbocycles. The molecular weight excluding hydrogens is 192 g/mol. The number of carbonyl (C=O) groups is 2. The number of carbonyl (C=O) groups excluding carboxylic acids is 1. The van der Waals surface area contributed by atoms with Gasteiger partial charge < -0.3 is 5.11 Å². The number of hydrogen-bond donors (Lipinski definition) is 1. The van der Waals surface area contributed by atoms with E-state index in [9.17, 15) is 9.59 Å². The van der Waals surface area contributed by atoms with Crippen LogP contribution in [0.5, 0.6) is 0 Å². The molecule has 0 saturated carbocycles. The van der Waals surface area contributed by atoms with E-state index >= 15 is 0 Å². The fourth-order valence-corrected chi connectivity index (χ4v) is 0.947. The van der Waals surface area contributed by atoms with Crippen LogP contribution in [0.15, 0.2) is 11.6 Å². The van der Waals surface area contributed by atoms with Gasteiger partial charge in [-0.05, 0) is 11.5 Å². The Labute approximate surface area is 91.2 Å². The van der Waals surface area contributed by atoms with Crippen LogP contribution < -0.4 is 0 Å². The maximum Gasteiger partial charge on any atom is 0.332 e. The summed E-state index contributed by atoms with van der Waals surface area (Å²) in [5.41, 5.74) is -0.902. The lowest BCUT2D eigenvalue weighted by molar-refractivity contribution is -0.134. The fraction of sp³-hybridized carbons (Fsp3) is 0.667. The second kappa shape index (κ2) is 4.17. The summed E-state index contributed by atoms with van der Waals surface area (Å²) in [4.78, 5) is 22.7. The van der Waals surface area contributed by atoms with Crippen molar-refractivity contribution in [1.82, 2.24) is 0 Å². The van der Waals surface area contributed by atoms with Gasteiger partial charge in [0.25, 0.3) is 0 Å². The molecule has 0 unspecified atom stereocenters. The van der Waals surface area contributed by atoms with E-state index in [2.05, 4.69) is 0 Å². The first-order valence-corrected chi connectivity index (χ1v) is 4.96. The summed E-state index contributed by atoms with van der Waals surface area (Å²) in [6.07, 6.45) is 1.25.